The number of halogens is 1. The van der Waals surface area contributed by atoms with Crippen molar-refractivity contribution in [1.82, 2.24) is 15.5 Å². The molecule has 3 rings (SSSR count). The first kappa shape index (κ1) is 20.9. The second-order valence-electron chi connectivity index (χ2n) is 6.99. The van der Waals surface area contributed by atoms with Gasteiger partial charge in [0.05, 0.1) is 0 Å². The predicted octanol–water partition coefficient (Wildman–Crippen LogP) is 3.01. The Labute approximate surface area is 175 Å². The van der Waals surface area contributed by atoms with Crippen LogP contribution in [0, 0.1) is 0 Å². The molecule has 0 aliphatic carbocycles. The van der Waals surface area contributed by atoms with Crippen LogP contribution in [0.15, 0.2) is 48.5 Å². The third kappa shape index (κ3) is 6.06. The molecule has 0 spiro atoms. The maximum absolute atomic E-state index is 12.3. The van der Waals surface area contributed by atoms with Gasteiger partial charge in [0, 0.05) is 48.7 Å². The average Bonchev–Trinajstić information content (AvgIpc) is 3.27. The molecule has 1 saturated heterocycles. The van der Waals surface area contributed by atoms with Crippen LogP contribution in [0.3, 0.4) is 0 Å². The molecule has 0 aromatic heterocycles. The summed E-state index contributed by atoms with van der Waals surface area (Å²) in [4.78, 5) is 38.2. The fraction of sp³-hybridized carbons (Fsp3) is 0.318. The molecule has 1 aliphatic heterocycles. The molecule has 29 heavy (non-hydrogen) atoms. The smallest absolute Gasteiger partial charge is 0.253 e. The van der Waals surface area contributed by atoms with Crippen molar-refractivity contribution in [3.05, 3.63) is 70.2 Å². The normalized spacial score (nSPS) is 13.2. The second kappa shape index (κ2) is 10.1. The minimum atomic E-state index is -0.243. The van der Waals surface area contributed by atoms with Gasteiger partial charge in [-0.25, -0.2) is 0 Å². The monoisotopic (exact) mass is 413 g/mol. The highest BCUT2D eigenvalue weighted by atomic mass is 35.5. The number of likely N-dealkylation sites (tertiary alicyclic amines) is 1. The van der Waals surface area contributed by atoms with Crippen molar-refractivity contribution >= 4 is 29.3 Å². The summed E-state index contributed by atoms with van der Waals surface area (Å²) in [5.41, 5.74) is 2.09. The van der Waals surface area contributed by atoms with Gasteiger partial charge in [0.15, 0.2) is 0 Å². The Balaban J connectivity index is 1.38. The third-order valence-corrected chi connectivity index (χ3v) is 5.08. The molecule has 0 saturated carbocycles. The molecular weight excluding hydrogens is 390 g/mol. The van der Waals surface area contributed by atoms with E-state index in [-0.39, 0.29) is 30.7 Å². The maximum Gasteiger partial charge on any atom is 0.253 e. The molecule has 3 amide bonds. The number of carbonyl (C=O) groups is 3. The topological polar surface area (TPSA) is 78.5 Å². The number of hydrogen-bond donors (Lipinski definition) is 2. The van der Waals surface area contributed by atoms with Gasteiger partial charge >= 0.3 is 0 Å². The zero-order valence-electron chi connectivity index (χ0n) is 16.1. The summed E-state index contributed by atoms with van der Waals surface area (Å²) in [6.07, 6.45) is 2.32. The predicted molar refractivity (Wildman–Crippen MR) is 112 cm³/mol. The maximum atomic E-state index is 12.3. The van der Waals surface area contributed by atoms with Gasteiger partial charge < -0.3 is 15.5 Å². The minimum absolute atomic E-state index is 0.0644. The van der Waals surface area contributed by atoms with Gasteiger partial charge in [0.1, 0.15) is 0 Å². The first-order valence-corrected chi connectivity index (χ1v) is 10.1. The van der Waals surface area contributed by atoms with Crippen LogP contribution < -0.4 is 10.6 Å². The third-order valence-electron chi connectivity index (χ3n) is 4.83. The van der Waals surface area contributed by atoms with Crippen molar-refractivity contribution in [2.24, 2.45) is 0 Å². The summed E-state index contributed by atoms with van der Waals surface area (Å²) in [5, 5.41) is 6.09. The van der Waals surface area contributed by atoms with E-state index in [1.807, 2.05) is 17.0 Å². The summed E-state index contributed by atoms with van der Waals surface area (Å²) in [6.45, 7) is 2.27. The van der Waals surface area contributed by atoms with E-state index in [4.69, 9.17) is 11.6 Å². The van der Waals surface area contributed by atoms with Crippen molar-refractivity contribution in [2.45, 2.75) is 25.8 Å². The van der Waals surface area contributed by atoms with Gasteiger partial charge in [0.2, 0.25) is 5.91 Å². The fourth-order valence-corrected chi connectivity index (χ4v) is 3.28. The molecule has 1 aliphatic rings. The van der Waals surface area contributed by atoms with Crippen molar-refractivity contribution in [2.75, 3.05) is 19.6 Å². The van der Waals surface area contributed by atoms with Gasteiger partial charge in [0.25, 0.3) is 11.8 Å². The molecule has 0 bridgehead atoms. The Kier molecular flexibility index (Phi) is 7.25. The number of carbonyl (C=O) groups excluding carboxylic acids is 3. The van der Waals surface area contributed by atoms with Crippen LogP contribution in [0.1, 0.15) is 45.5 Å². The van der Waals surface area contributed by atoms with Crippen LogP contribution >= 0.6 is 11.6 Å². The number of nitrogens with zero attached hydrogens (tertiary/aromatic N) is 1. The number of rotatable bonds is 7. The molecule has 152 valence electrons. The lowest BCUT2D eigenvalue weighted by molar-refractivity contribution is -0.121. The van der Waals surface area contributed by atoms with E-state index >= 15 is 0 Å². The lowest BCUT2D eigenvalue weighted by atomic mass is 10.1. The van der Waals surface area contributed by atoms with E-state index < -0.39 is 0 Å². The van der Waals surface area contributed by atoms with E-state index in [1.54, 1.807) is 36.4 Å². The number of nitrogens with one attached hydrogen (secondary N) is 2. The first-order valence-electron chi connectivity index (χ1n) is 9.71. The Hall–Kier alpha value is -2.86. The second-order valence-corrected chi connectivity index (χ2v) is 7.42. The van der Waals surface area contributed by atoms with E-state index in [9.17, 15) is 14.4 Å². The molecule has 7 heteroatoms. The van der Waals surface area contributed by atoms with Crippen LogP contribution in [0.2, 0.25) is 5.02 Å². The molecular formula is C22H24ClN3O3. The fourth-order valence-electron chi connectivity index (χ4n) is 3.15. The summed E-state index contributed by atoms with van der Waals surface area (Å²) in [7, 11) is 0. The quantitative estimate of drug-likeness (QED) is 0.732. The van der Waals surface area contributed by atoms with Crippen LogP contribution in [0.25, 0.3) is 0 Å². The van der Waals surface area contributed by atoms with Crippen LogP contribution in [0.4, 0.5) is 0 Å². The zero-order valence-corrected chi connectivity index (χ0v) is 16.9. The summed E-state index contributed by atoms with van der Waals surface area (Å²) < 4.78 is 0. The molecule has 0 unspecified atom stereocenters. The molecule has 0 atom stereocenters. The Morgan fingerprint density at radius 2 is 1.48 bits per heavy atom. The lowest BCUT2D eigenvalue weighted by Gasteiger charge is -2.15. The van der Waals surface area contributed by atoms with Crippen molar-refractivity contribution < 1.29 is 14.4 Å². The van der Waals surface area contributed by atoms with Crippen LogP contribution in [-0.2, 0) is 11.3 Å². The van der Waals surface area contributed by atoms with Crippen molar-refractivity contribution in [3.8, 4) is 0 Å². The average molecular weight is 414 g/mol. The minimum Gasteiger partial charge on any atom is -0.352 e. The van der Waals surface area contributed by atoms with Gasteiger partial charge in [-0.05, 0) is 54.8 Å². The van der Waals surface area contributed by atoms with E-state index in [2.05, 4.69) is 10.6 Å². The Morgan fingerprint density at radius 3 is 2.14 bits per heavy atom. The molecule has 1 heterocycles. The summed E-state index contributed by atoms with van der Waals surface area (Å²) in [6, 6.07) is 13.9. The first-order chi connectivity index (χ1) is 14.0. The molecule has 0 radical (unpaired) electrons. The Morgan fingerprint density at radius 1 is 0.862 bits per heavy atom. The SMILES string of the molecule is O=C(CCNC(=O)c1ccc(Cl)cc1)NCc1ccc(C(=O)N2CCCC2)cc1. The van der Waals surface area contributed by atoms with E-state index in [1.165, 1.54) is 0 Å². The van der Waals surface area contributed by atoms with Gasteiger partial charge in [-0.2, -0.15) is 0 Å². The Bertz CT molecular complexity index is 860. The highest BCUT2D eigenvalue weighted by Crippen LogP contribution is 2.13. The highest BCUT2D eigenvalue weighted by Gasteiger charge is 2.19. The summed E-state index contributed by atoms with van der Waals surface area (Å²) in [5.74, 6) is -0.333. The number of hydrogen-bond acceptors (Lipinski definition) is 3. The molecule has 2 N–H and O–H groups in total. The van der Waals surface area contributed by atoms with E-state index in [0.717, 1.165) is 31.5 Å². The van der Waals surface area contributed by atoms with Gasteiger partial charge in [-0.15, -0.1) is 0 Å². The number of benzene rings is 2. The number of amides is 3. The zero-order chi connectivity index (χ0) is 20.6. The standard InChI is InChI=1S/C22H24ClN3O3/c23-19-9-7-17(8-10-19)21(28)24-12-11-20(27)25-15-16-3-5-18(6-4-16)22(29)26-13-1-2-14-26/h3-10H,1-2,11-15H2,(H,24,28)(H,25,27). The largest absolute Gasteiger partial charge is 0.352 e. The van der Waals surface area contributed by atoms with Crippen LogP contribution in [-0.4, -0.2) is 42.3 Å². The molecule has 2 aromatic rings. The summed E-state index contributed by atoms with van der Waals surface area (Å²) >= 11 is 5.80. The van der Waals surface area contributed by atoms with Gasteiger partial charge in [-0.3, -0.25) is 14.4 Å². The highest BCUT2D eigenvalue weighted by molar-refractivity contribution is 6.30. The molecule has 6 nitrogen and oxygen atoms in total. The lowest BCUT2D eigenvalue weighted by Crippen LogP contribution is -2.30. The van der Waals surface area contributed by atoms with Gasteiger partial charge in [-0.1, -0.05) is 23.7 Å². The van der Waals surface area contributed by atoms with E-state index in [0.29, 0.717) is 22.7 Å². The molecule has 1 fully saturated rings. The van der Waals surface area contributed by atoms with Crippen molar-refractivity contribution in [3.63, 3.8) is 0 Å². The van der Waals surface area contributed by atoms with Crippen molar-refractivity contribution in [1.29, 1.82) is 0 Å². The molecule has 2 aromatic carbocycles. The van der Waals surface area contributed by atoms with Crippen LogP contribution in [0.5, 0.6) is 0 Å².